The number of rotatable bonds is 5. The largest absolute Gasteiger partial charge is 0.338 e. The minimum atomic E-state index is 0.534. The summed E-state index contributed by atoms with van der Waals surface area (Å²) in [5.41, 5.74) is 4.01. The minimum absolute atomic E-state index is 0.534. The van der Waals surface area contributed by atoms with Crippen LogP contribution < -0.4 is 10.6 Å². The average molecular weight is 428 g/mol. The smallest absolute Gasteiger partial charge is 0.159 e. The molecule has 3 N–H and O–H groups in total. The quantitative estimate of drug-likeness (QED) is 0.423. The van der Waals surface area contributed by atoms with Crippen molar-refractivity contribution in [3.05, 3.63) is 57.6 Å². The van der Waals surface area contributed by atoms with Crippen molar-refractivity contribution >= 4 is 45.9 Å². The Morgan fingerprint density at radius 2 is 1.79 bits per heavy atom. The fourth-order valence-corrected chi connectivity index (χ4v) is 3.92. The molecule has 0 radical (unpaired) electrons. The topological polar surface area (TPSA) is 91.4 Å². The molecule has 0 amide bonds. The molecule has 1 aromatic carbocycles. The maximum atomic E-state index is 6.52. The monoisotopic (exact) mass is 427 g/mol. The van der Waals surface area contributed by atoms with Gasteiger partial charge in [0.1, 0.15) is 23.0 Å². The van der Waals surface area contributed by atoms with Crippen molar-refractivity contribution < 1.29 is 0 Å². The van der Waals surface area contributed by atoms with E-state index < -0.39 is 0 Å². The molecule has 0 saturated carbocycles. The number of halogens is 2. The van der Waals surface area contributed by atoms with E-state index in [-0.39, 0.29) is 0 Å². The third-order valence-corrected chi connectivity index (χ3v) is 4.93. The molecule has 4 rings (SSSR count). The van der Waals surface area contributed by atoms with Crippen LogP contribution in [0.1, 0.15) is 17.1 Å². The van der Waals surface area contributed by atoms with Crippen molar-refractivity contribution in [2.45, 2.75) is 20.4 Å². The number of pyridine rings is 1. The summed E-state index contributed by atoms with van der Waals surface area (Å²) in [5.74, 6) is 2.51. The first-order valence-electron chi connectivity index (χ1n) is 9.01. The van der Waals surface area contributed by atoms with Crippen molar-refractivity contribution in [3.63, 3.8) is 0 Å². The summed E-state index contributed by atoms with van der Waals surface area (Å²) in [6.45, 7) is 4.44. The number of anilines is 2. The predicted molar refractivity (Wildman–Crippen MR) is 117 cm³/mol. The summed E-state index contributed by atoms with van der Waals surface area (Å²) in [4.78, 5) is 21.1. The van der Waals surface area contributed by atoms with Crippen LogP contribution in [0.25, 0.3) is 22.4 Å². The van der Waals surface area contributed by atoms with Gasteiger partial charge in [-0.05, 0) is 44.7 Å². The van der Waals surface area contributed by atoms with Gasteiger partial charge < -0.3 is 15.6 Å². The van der Waals surface area contributed by atoms with Crippen LogP contribution >= 0.6 is 23.2 Å². The summed E-state index contributed by atoms with van der Waals surface area (Å²) >= 11 is 13.0. The van der Waals surface area contributed by atoms with Gasteiger partial charge in [-0.3, -0.25) is 0 Å². The first kappa shape index (κ1) is 19.6. The lowest BCUT2D eigenvalue weighted by atomic mass is 10.1. The zero-order chi connectivity index (χ0) is 20.5. The van der Waals surface area contributed by atoms with Gasteiger partial charge >= 0.3 is 0 Å². The van der Waals surface area contributed by atoms with E-state index in [4.69, 9.17) is 28.2 Å². The Kier molecular flexibility index (Phi) is 5.36. The zero-order valence-corrected chi connectivity index (χ0v) is 17.7. The van der Waals surface area contributed by atoms with Crippen LogP contribution in [-0.4, -0.2) is 32.0 Å². The number of hydrogen-bond acceptors (Lipinski definition) is 6. The normalized spacial score (nSPS) is 11.2. The van der Waals surface area contributed by atoms with Gasteiger partial charge in [-0.1, -0.05) is 23.2 Å². The molecule has 4 aromatic rings. The van der Waals surface area contributed by atoms with Gasteiger partial charge in [0.15, 0.2) is 5.82 Å². The first-order valence-corrected chi connectivity index (χ1v) is 9.77. The molecule has 0 aliphatic heterocycles. The van der Waals surface area contributed by atoms with Gasteiger partial charge in [0.25, 0.3) is 0 Å². The number of benzene rings is 1. The Hall–Kier alpha value is -2.74. The van der Waals surface area contributed by atoms with Crippen molar-refractivity contribution in [1.29, 1.82) is 0 Å². The van der Waals surface area contributed by atoms with Crippen LogP contribution in [0.4, 0.5) is 11.6 Å². The molecule has 0 saturated heterocycles. The number of H-pyrrole nitrogens is 1. The fourth-order valence-electron chi connectivity index (χ4n) is 3.21. The van der Waals surface area contributed by atoms with Crippen molar-refractivity contribution in [2.24, 2.45) is 0 Å². The number of hydrogen-bond donors (Lipinski definition) is 3. The van der Waals surface area contributed by atoms with E-state index in [1.165, 1.54) is 0 Å². The Labute approximate surface area is 177 Å². The second-order valence-corrected chi connectivity index (χ2v) is 7.49. The molecule has 29 heavy (non-hydrogen) atoms. The molecular formula is C20H19Cl2N7. The summed E-state index contributed by atoms with van der Waals surface area (Å²) in [7, 11) is 1.87. The Bertz CT molecular complexity index is 1160. The molecule has 9 heteroatoms. The van der Waals surface area contributed by atoms with E-state index in [0.29, 0.717) is 51.0 Å². The molecule has 0 spiro atoms. The highest BCUT2D eigenvalue weighted by atomic mass is 35.5. The molecular weight excluding hydrogens is 409 g/mol. The van der Waals surface area contributed by atoms with Crippen molar-refractivity contribution in [1.82, 2.24) is 30.2 Å². The van der Waals surface area contributed by atoms with Gasteiger partial charge in [0, 0.05) is 24.5 Å². The second kappa shape index (κ2) is 7.94. The summed E-state index contributed by atoms with van der Waals surface area (Å²) in [6, 6.07) is 7.48. The molecule has 0 aliphatic carbocycles. The number of imidazole rings is 1. The molecule has 3 aromatic heterocycles. The van der Waals surface area contributed by atoms with E-state index in [0.717, 1.165) is 16.8 Å². The molecule has 7 nitrogen and oxygen atoms in total. The molecule has 0 atom stereocenters. The lowest BCUT2D eigenvalue weighted by molar-refractivity contribution is 0.818. The maximum Gasteiger partial charge on any atom is 0.159 e. The summed E-state index contributed by atoms with van der Waals surface area (Å²) in [6.07, 6.45) is 1.70. The highest BCUT2D eigenvalue weighted by Gasteiger charge is 2.17. The highest BCUT2D eigenvalue weighted by molar-refractivity contribution is 6.39. The first-order chi connectivity index (χ1) is 13.9. The highest BCUT2D eigenvalue weighted by Crippen LogP contribution is 2.36. The molecule has 3 heterocycles. The Morgan fingerprint density at radius 1 is 1.03 bits per heavy atom. The number of aryl methyl sites for hydroxylation is 2. The average Bonchev–Trinajstić information content (AvgIpc) is 3.05. The van der Waals surface area contributed by atoms with Crippen molar-refractivity contribution in [3.8, 4) is 11.4 Å². The fraction of sp³-hybridized carbons (Fsp3) is 0.200. The number of nitrogens with zero attached hydrogens (tertiary/aromatic N) is 4. The van der Waals surface area contributed by atoms with Gasteiger partial charge in [0.2, 0.25) is 0 Å². The summed E-state index contributed by atoms with van der Waals surface area (Å²) < 4.78 is 0. The van der Waals surface area contributed by atoms with Crippen LogP contribution in [0.5, 0.6) is 0 Å². The van der Waals surface area contributed by atoms with Crippen molar-refractivity contribution in [2.75, 3.05) is 12.4 Å². The Morgan fingerprint density at radius 3 is 2.48 bits per heavy atom. The lowest BCUT2D eigenvalue weighted by Gasteiger charge is -2.08. The van der Waals surface area contributed by atoms with E-state index >= 15 is 0 Å². The third-order valence-electron chi connectivity index (χ3n) is 4.33. The SMILES string of the molecule is CNCc1cc(Cl)c(-c2nc3c(Nc4cc(C)nc(C)n4)nccc3[nH]2)c(Cl)c1. The van der Waals surface area contributed by atoms with Crippen LogP contribution in [0, 0.1) is 13.8 Å². The van der Waals surface area contributed by atoms with Gasteiger partial charge in [0.05, 0.1) is 21.1 Å². The number of aromatic nitrogens is 5. The van der Waals surface area contributed by atoms with Gasteiger partial charge in [-0.25, -0.2) is 19.9 Å². The number of fused-ring (bicyclic) bond motifs is 1. The molecule has 0 aliphatic rings. The van der Waals surface area contributed by atoms with Crippen LogP contribution in [0.3, 0.4) is 0 Å². The van der Waals surface area contributed by atoms with Crippen LogP contribution in [-0.2, 0) is 6.54 Å². The molecule has 148 valence electrons. The van der Waals surface area contributed by atoms with Gasteiger partial charge in [-0.2, -0.15) is 0 Å². The molecule has 0 unspecified atom stereocenters. The zero-order valence-electron chi connectivity index (χ0n) is 16.1. The second-order valence-electron chi connectivity index (χ2n) is 6.67. The van der Waals surface area contributed by atoms with E-state index in [1.807, 2.05) is 45.2 Å². The predicted octanol–water partition coefficient (Wildman–Crippen LogP) is 4.80. The standard InChI is InChI=1S/C20H19Cl2N7/c1-10-6-16(26-11(2)25-10)28-20-18-15(4-5-24-20)27-19(29-18)17-13(21)7-12(9-23-3)8-14(17)22/h4-8,23H,9H2,1-3H3,(H,27,29)(H,24,25,26,28). The molecule has 0 fully saturated rings. The molecule has 0 bridgehead atoms. The van der Waals surface area contributed by atoms with Crippen LogP contribution in [0.2, 0.25) is 10.0 Å². The van der Waals surface area contributed by atoms with E-state index in [2.05, 4.69) is 30.6 Å². The lowest BCUT2D eigenvalue weighted by Crippen LogP contribution is -2.05. The Balaban J connectivity index is 1.77. The van der Waals surface area contributed by atoms with E-state index in [9.17, 15) is 0 Å². The maximum absolute atomic E-state index is 6.52. The minimum Gasteiger partial charge on any atom is -0.338 e. The number of nitrogens with one attached hydrogen (secondary N) is 3. The third kappa shape index (κ3) is 4.03. The van der Waals surface area contributed by atoms with Crippen LogP contribution in [0.15, 0.2) is 30.5 Å². The van der Waals surface area contributed by atoms with E-state index in [1.54, 1.807) is 6.20 Å². The van der Waals surface area contributed by atoms with Gasteiger partial charge in [-0.15, -0.1) is 0 Å². The number of aromatic amines is 1. The summed E-state index contributed by atoms with van der Waals surface area (Å²) in [5, 5.41) is 7.39.